The number of rotatable bonds is 1. The molecule has 0 saturated carbocycles. The zero-order chi connectivity index (χ0) is 12.6. The lowest BCUT2D eigenvalue weighted by atomic mass is 9.75. The fourth-order valence-electron chi connectivity index (χ4n) is 1.62. The van der Waals surface area contributed by atoms with E-state index in [0.717, 1.165) is 0 Å². The van der Waals surface area contributed by atoms with Gasteiger partial charge in [-0.2, -0.15) is 0 Å². The molecule has 1 aliphatic rings. The predicted octanol–water partition coefficient (Wildman–Crippen LogP) is 2.50. The second kappa shape index (κ2) is 4.67. The smallest absolute Gasteiger partial charge is 0.407 e. The Hall–Kier alpha value is -0.455. The standard InChI is InChI=1S/C11H12BBrF2O2/c1-11(2)5-16-12(17-6-11)9-8(14)4-3-7(13)10(9)15/h3-4H,5-6H2,1-2H3. The van der Waals surface area contributed by atoms with Crippen molar-refractivity contribution in [3.05, 3.63) is 28.2 Å². The maximum Gasteiger partial charge on any atom is 0.500 e. The van der Waals surface area contributed by atoms with Crippen molar-refractivity contribution in [1.82, 2.24) is 0 Å². The third kappa shape index (κ3) is 2.69. The minimum Gasteiger partial charge on any atom is -0.407 e. The van der Waals surface area contributed by atoms with Gasteiger partial charge in [0.1, 0.15) is 11.6 Å². The van der Waals surface area contributed by atoms with Crippen LogP contribution in [0.3, 0.4) is 0 Å². The molecule has 0 radical (unpaired) electrons. The molecule has 1 aromatic carbocycles. The molecule has 0 aromatic heterocycles. The SMILES string of the molecule is CC1(C)COB(c2c(F)ccc(Br)c2F)OC1. The van der Waals surface area contributed by atoms with Crippen LogP contribution in [0, 0.1) is 17.0 Å². The van der Waals surface area contributed by atoms with E-state index in [2.05, 4.69) is 15.9 Å². The van der Waals surface area contributed by atoms with E-state index in [1.54, 1.807) is 0 Å². The van der Waals surface area contributed by atoms with E-state index in [1.807, 2.05) is 13.8 Å². The molecule has 92 valence electrons. The molecular weight excluding hydrogens is 293 g/mol. The molecule has 0 N–H and O–H groups in total. The Labute approximate surface area is 108 Å². The molecule has 0 atom stereocenters. The average Bonchev–Trinajstić information content (AvgIpc) is 2.26. The molecule has 0 aliphatic carbocycles. The summed E-state index contributed by atoms with van der Waals surface area (Å²) in [4.78, 5) is 0. The monoisotopic (exact) mass is 304 g/mol. The summed E-state index contributed by atoms with van der Waals surface area (Å²) in [6, 6.07) is 2.51. The highest BCUT2D eigenvalue weighted by molar-refractivity contribution is 9.10. The molecule has 1 saturated heterocycles. The summed E-state index contributed by atoms with van der Waals surface area (Å²) < 4.78 is 38.3. The van der Waals surface area contributed by atoms with Crippen LogP contribution in [0.2, 0.25) is 0 Å². The van der Waals surface area contributed by atoms with Crippen LogP contribution < -0.4 is 5.46 Å². The third-order valence-corrected chi connectivity index (χ3v) is 3.18. The summed E-state index contributed by atoms with van der Waals surface area (Å²) in [5, 5.41) is 0. The largest absolute Gasteiger partial charge is 0.500 e. The first-order chi connectivity index (χ1) is 7.91. The number of benzene rings is 1. The summed E-state index contributed by atoms with van der Waals surface area (Å²) >= 11 is 3.02. The van der Waals surface area contributed by atoms with Gasteiger partial charge < -0.3 is 9.31 Å². The van der Waals surface area contributed by atoms with Crippen LogP contribution in [-0.4, -0.2) is 20.3 Å². The van der Waals surface area contributed by atoms with Gasteiger partial charge in [0.15, 0.2) is 0 Å². The highest BCUT2D eigenvalue weighted by Crippen LogP contribution is 2.23. The van der Waals surface area contributed by atoms with E-state index in [9.17, 15) is 8.78 Å². The molecular formula is C11H12BBrF2O2. The van der Waals surface area contributed by atoms with E-state index < -0.39 is 18.8 Å². The Kier molecular flexibility index (Phi) is 3.57. The van der Waals surface area contributed by atoms with E-state index >= 15 is 0 Å². The quantitative estimate of drug-likeness (QED) is 0.586. The van der Waals surface area contributed by atoms with Crippen molar-refractivity contribution in [3.63, 3.8) is 0 Å². The Balaban J connectivity index is 2.27. The van der Waals surface area contributed by atoms with Gasteiger partial charge in [-0.05, 0) is 28.1 Å². The molecule has 1 heterocycles. The van der Waals surface area contributed by atoms with E-state index in [0.29, 0.717) is 13.2 Å². The molecule has 0 unspecified atom stereocenters. The Morgan fingerprint density at radius 3 is 2.41 bits per heavy atom. The maximum absolute atomic E-state index is 13.8. The minimum absolute atomic E-state index is 0.129. The van der Waals surface area contributed by atoms with E-state index in [4.69, 9.17) is 9.31 Å². The Morgan fingerprint density at radius 1 is 1.24 bits per heavy atom. The molecule has 17 heavy (non-hydrogen) atoms. The topological polar surface area (TPSA) is 18.5 Å². The van der Waals surface area contributed by atoms with Crippen molar-refractivity contribution in [2.45, 2.75) is 13.8 Å². The summed E-state index contributed by atoms with van der Waals surface area (Å²) in [5.41, 5.74) is -0.301. The first-order valence-electron chi connectivity index (χ1n) is 5.27. The van der Waals surface area contributed by atoms with E-state index in [1.165, 1.54) is 12.1 Å². The van der Waals surface area contributed by atoms with Crippen LogP contribution in [0.4, 0.5) is 8.78 Å². The van der Waals surface area contributed by atoms with Gasteiger partial charge >= 0.3 is 7.12 Å². The van der Waals surface area contributed by atoms with Gasteiger partial charge in [0, 0.05) is 18.6 Å². The third-order valence-electron chi connectivity index (χ3n) is 2.57. The summed E-state index contributed by atoms with van der Waals surface area (Å²) in [6.45, 7) is 4.75. The predicted molar refractivity (Wildman–Crippen MR) is 65.1 cm³/mol. The van der Waals surface area contributed by atoms with Crippen molar-refractivity contribution < 1.29 is 18.1 Å². The molecule has 6 heteroatoms. The van der Waals surface area contributed by atoms with Gasteiger partial charge in [-0.15, -0.1) is 0 Å². The molecule has 0 bridgehead atoms. The average molecular weight is 305 g/mol. The van der Waals surface area contributed by atoms with Gasteiger partial charge in [0.05, 0.1) is 9.94 Å². The van der Waals surface area contributed by atoms with Gasteiger partial charge in [0.25, 0.3) is 0 Å². The highest BCUT2D eigenvalue weighted by Gasteiger charge is 2.37. The summed E-state index contributed by atoms with van der Waals surface area (Å²) in [6.07, 6.45) is 0. The maximum atomic E-state index is 13.8. The summed E-state index contributed by atoms with van der Waals surface area (Å²) in [7, 11) is -0.972. The van der Waals surface area contributed by atoms with Crippen LogP contribution in [0.25, 0.3) is 0 Å². The lowest BCUT2D eigenvalue weighted by Gasteiger charge is -2.33. The zero-order valence-corrected chi connectivity index (χ0v) is 11.2. The fourth-order valence-corrected chi connectivity index (χ4v) is 1.96. The number of halogens is 3. The lowest BCUT2D eigenvalue weighted by Crippen LogP contribution is -2.49. The van der Waals surface area contributed by atoms with Crippen LogP contribution >= 0.6 is 15.9 Å². The second-order valence-corrected chi connectivity index (χ2v) is 5.73. The normalized spacial score (nSPS) is 19.5. The second-order valence-electron chi connectivity index (χ2n) is 4.88. The first kappa shape index (κ1) is 13.0. The lowest BCUT2D eigenvalue weighted by molar-refractivity contribution is 0.0337. The zero-order valence-electron chi connectivity index (χ0n) is 9.60. The van der Waals surface area contributed by atoms with Crippen molar-refractivity contribution in [2.24, 2.45) is 5.41 Å². The molecule has 1 aliphatic heterocycles. The van der Waals surface area contributed by atoms with Crippen molar-refractivity contribution in [3.8, 4) is 0 Å². The van der Waals surface area contributed by atoms with E-state index in [-0.39, 0.29) is 15.4 Å². The molecule has 1 aromatic rings. The molecule has 0 amide bonds. The Bertz CT molecular complexity index is 430. The van der Waals surface area contributed by atoms with Gasteiger partial charge in [-0.25, -0.2) is 8.78 Å². The van der Waals surface area contributed by atoms with Gasteiger partial charge in [-0.3, -0.25) is 0 Å². The number of hydrogen-bond acceptors (Lipinski definition) is 2. The van der Waals surface area contributed by atoms with Crippen LogP contribution in [0.15, 0.2) is 16.6 Å². The van der Waals surface area contributed by atoms with Crippen molar-refractivity contribution in [1.29, 1.82) is 0 Å². The van der Waals surface area contributed by atoms with Crippen LogP contribution in [0.1, 0.15) is 13.8 Å². The number of hydrogen-bond donors (Lipinski definition) is 0. The summed E-state index contributed by atoms with van der Waals surface area (Å²) in [5.74, 6) is -1.33. The van der Waals surface area contributed by atoms with Gasteiger partial charge in [0.2, 0.25) is 0 Å². The highest BCUT2D eigenvalue weighted by atomic mass is 79.9. The van der Waals surface area contributed by atoms with Crippen molar-refractivity contribution >= 4 is 28.5 Å². The minimum atomic E-state index is -0.972. The molecule has 2 nitrogen and oxygen atoms in total. The fraction of sp³-hybridized carbons (Fsp3) is 0.455. The van der Waals surface area contributed by atoms with Crippen LogP contribution in [-0.2, 0) is 9.31 Å². The van der Waals surface area contributed by atoms with Crippen LogP contribution in [0.5, 0.6) is 0 Å². The van der Waals surface area contributed by atoms with Gasteiger partial charge in [-0.1, -0.05) is 13.8 Å². The molecule has 0 spiro atoms. The first-order valence-corrected chi connectivity index (χ1v) is 6.07. The molecule has 2 rings (SSSR count). The molecule has 1 fully saturated rings. The Morgan fingerprint density at radius 2 is 1.82 bits per heavy atom. The van der Waals surface area contributed by atoms with Crippen molar-refractivity contribution in [2.75, 3.05) is 13.2 Å².